The van der Waals surface area contributed by atoms with Crippen LogP contribution in [-0.2, 0) is 57.2 Å². The Labute approximate surface area is 292 Å². The van der Waals surface area contributed by atoms with Crippen LogP contribution in [0.25, 0.3) is 11.6 Å². The number of ether oxygens (including phenoxy) is 6. The normalized spacial score (nSPS) is 15.9. The van der Waals surface area contributed by atoms with Crippen molar-refractivity contribution in [2.24, 2.45) is 0 Å². The summed E-state index contributed by atoms with van der Waals surface area (Å²) in [5.74, 6) is -3.80. The molecule has 4 heterocycles. The van der Waals surface area contributed by atoms with E-state index in [0.29, 0.717) is 24.0 Å². The fourth-order valence-electron chi connectivity index (χ4n) is 3.56. The molecule has 1 aromatic rings. The number of carbonyl (C=O) groups is 6. The van der Waals surface area contributed by atoms with E-state index in [9.17, 15) is 28.8 Å². The highest BCUT2D eigenvalue weighted by Gasteiger charge is 2.37. The van der Waals surface area contributed by atoms with Crippen molar-refractivity contribution in [1.82, 2.24) is 0 Å². The molecule has 0 amide bonds. The second-order valence-corrected chi connectivity index (χ2v) is 15.4. The highest BCUT2D eigenvalue weighted by molar-refractivity contribution is 8.30. The summed E-state index contributed by atoms with van der Waals surface area (Å²) >= 11 is 5.86. The van der Waals surface area contributed by atoms with Gasteiger partial charge in [0.15, 0.2) is 0 Å². The van der Waals surface area contributed by atoms with E-state index in [2.05, 4.69) is 0 Å². The van der Waals surface area contributed by atoms with E-state index in [1.165, 1.54) is 42.7 Å². The standard InChI is InChI=1S/C28H22O13S6/c1-35-22(29)16-17(23(30)36-2)43-14(42-16)9-11-7-8-13(41-11)12(28-46-20(26(33)39-5)21(47-28)27(34)40-6)10-15-44-18(24(31)37-3)19(45-15)25(32)38-4/h7-10H,1-6H3. The number of methoxy groups -OCH3 is 6. The first-order valence-corrected chi connectivity index (χ1v) is 17.5. The lowest BCUT2D eigenvalue weighted by molar-refractivity contribution is -0.138. The lowest BCUT2D eigenvalue weighted by Gasteiger charge is -2.06. The fourth-order valence-corrected chi connectivity index (χ4v) is 10.8. The predicted octanol–water partition coefficient (Wildman–Crippen LogP) is 5.20. The van der Waals surface area contributed by atoms with E-state index in [4.69, 9.17) is 32.8 Å². The summed E-state index contributed by atoms with van der Waals surface area (Å²) in [6.45, 7) is 0. The number of esters is 6. The highest BCUT2D eigenvalue weighted by Crippen LogP contribution is 2.56. The minimum atomic E-state index is -0.757. The summed E-state index contributed by atoms with van der Waals surface area (Å²) < 4.78 is 36.6. The number of allylic oxidation sites excluding steroid dienone is 2. The first-order valence-electron chi connectivity index (χ1n) is 12.6. The third kappa shape index (κ3) is 8.03. The Kier molecular flexibility index (Phi) is 12.5. The molecule has 0 atom stereocenters. The molecule has 0 saturated heterocycles. The van der Waals surface area contributed by atoms with Gasteiger partial charge >= 0.3 is 35.8 Å². The van der Waals surface area contributed by atoms with E-state index in [1.54, 1.807) is 24.3 Å². The van der Waals surface area contributed by atoms with Gasteiger partial charge in [-0.15, -0.1) is 0 Å². The van der Waals surface area contributed by atoms with Crippen LogP contribution in [0, 0.1) is 0 Å². The molecule has 19 heteroatoms. The molecule has 13 nitrogen and oxygen atoms in total. The van der Waals surface area contributed by atoms with Crippen LogP contribution in [0.4, 0.5) is 0 Å². The summed E-state index contributed by atoms with van der Waals surface area (Å²) in [6, 6.07) is 3.25. The Balaban J connectivity index is 1.77. The molecule has 0 N–H and O–H groups in total. The molecule has 1 aromatic heterocycles. The van der Waals surface area contributed by atoms with Crippen LogP contribution >= 0.6 is 70.6 Å². The molecule has 0 fully saturated rings. The van der Waals surface area contributed by atoms with E-state index < -0.39 is 35.8 Å². The Morgan fingerprint density at radius 1 is 0.511 bits per heavy atom. The highest BCUT2D eigenvalue weighted by atomic mass is 32.2. The molecule has 0 unspecified atom stereocenters. The summed E-state index contributed by atoms with van der Waals surface area (Å²) in [6.07, 6.45) is 3.23. The van der Waals surface area contributed by atoms with Crippen molar-refractivity contribution in [3.8, 4) is 0 Å². The second-order valence-electron chi connectivity index (χ2n) is 8.37. The van der Waals surface area contributed by atoms with Crippen molar-refractivity contribution in [3.05, 3.63) is 71.9 Å². The van der Waals surface area contributed by atoms with Gasteiger partial charge in [-0.2, -0.15) is 0 Å². The zero-order valence-corrected chi connectivity index (χ0v) is 30.0. The van der Waals surface area contributed by atoms with Gasteiger partial charge in [0.05, 0.1) is 55.4 Å². The van der Waals surface area contributed by atoms with Crippen LogP contribution in [0.2, 0.25) is 0 Å². The maximum absolute atomic E-state index is 12.6. The van der Waals surface area contributed by atoms with Gasteiger partial charge in [0.2, 0.25) is 0 Å². The molecule has 0 radical (unpaired) electrons. The number of thioether (sulfide) groups is 6. The minimum absolute atomic E-state index is 0.00462. The van der Waals surface area contributed by atoms with Crippen LogP contribution in [0.15, 0.2) is 64.8 Å². The Bertz CT molecular complexity index is 1670. The van der Waals surface area contributed by atoms with Crippen molar-refractivity contribution < 1.29 is 61.6 Å². The predicted molar refractivity (Wildman–Crippen MR) is 180 cm³/mol. The monoisotopic (exact) mass is 758 g/mol. The Morgan fingerprint density at radius 3 is 1.21 bits per heavy atom. The number of hydrogen-bond donors (Lipinski definition) is 0. The topological polar surface area (TPSA) is 171 Å². The number of furan rings is 1. The van der Waals surface area contributed by atoms with Gasteiger partial charge in [-0.05, 0) is 18.2 Å². The maximum Gasteiger partial charge on any atom is 0.346 e. The molecule has 0 spiro atoms. The van der Waals surface area contributed by atoms with E-state index >= 15 is 0 Å². The first kappa shape index (κ1) is 36.5. The largest absolute Gasteiger partial charge is 0.465 e. The van der Waals surface area contributed by atoms with Crippen molar-refractivity contribution in [2.45, 2.75) is 0 Å². The van der Waals surface area contributed by atoms with Crippen LogP contribution in [-0.4, -0.2) is 78.5 Å². The summed E-state index contributed by atoms with van der Waals surface area (Å²) in [5, 5.41) is 0. The van der Waals surface area contributed by atoms with Gasteiger partial charge in [-0.1, -0.05) is 70.6 Å². The molecule has 47 heavy (non-hydrogen) atoms. The van der Waals surface area contributed by atoms with E-state index in [-0.39, 0.29) is 35.2 Å². The van der Waals surface area contributed by atoms with Gasteiger partial charge < -0.3 is 32.8 Å². The average molecular weight is 759 g/mol. The van der Waals surface area contributed by atoms with Crippen LogP contribution < -0.4 is 0 Å². The van der Waals surface area contributed by atoms with Crippen LogP contribution in [0.1, 0.15) is 11.5 Å². The lowest BCUT2D eigenvalue weighted by Crippen LogP contribution is -2.08. The summed E-state index contributed by atoms with van der Waals surface area (Å²) in [7, 11) is 7.12. The average Bonchev–Trinajstić information content (AvgIpc) is 3.91. The van der Waals surface area contributed by atoms with Crippen molar-refractivity contribution in [2.75, 3.05) is 42.7 Å². The zero-order chi connectivity index (χ0) is 34.4. The van der Waals surface area contributed by atoms with Crippen molar-refractivity contribution in [1.29, 1.82) is 0 Å². The van der Waals surface area contributed by atoms with E-state index in [1.807, 2.05) is 0 Å². The molecule has 3 aliphatic heterocycles. The quantitative estimate of drug-likeness (QED) is 0.237. The molecule has 0 bridgehead atoms. The molecule has 0 aliphatic carbocycles. The van der Waals surface area contributed by atoms with Crippen molar-refractivity contribution in [3.63, 3.8) is 0 Å². The third-order valence-corrected chi connectivity index (χ3v) is 13.1. The smallest absolute Gasteiger partial charge is 0.346 e. The Morgan fingerprint density at radius 2 is 0.851 bits per heavy atom. The van der Waals surface area contributed by atoms with Gasteiger partial charge in [-0.3, -0.25) is 0 Å². The Hall–Kier alpha value is -3.36. The molecule has 0 aromatic carbocycles. The van der Waals surface area contributed by atoms with Crippen molar-refractivity contribution >= 4 is 118 Å². The minimum Gasteiger partial charge on any atom is -0.465 e. The molecule has 248 valence electrons. The van der Waals surface area contributed by atoms with Gasteiger partial charge in [0, 0.05) is 11.6 Å². The number of rotatable bonds is 9. The maximum atomic E-state index is 12.6. The van der Waals surface area contributed by atoms with Gasteiger partial charge in [-0.25, -0.2) is 28.8 Å². The van der Waals surface area contributed by atoms with Crippen LogP contribution in [0.5, 0.6) is 0 Å². The lowest BCUT2D eigenvalue weighted by atomic mass is 10.2. The summed E-state index contributed by atoms with van der Waals surface area (Å²) in [4.78, 5) is 74.9. The second kappa shape index (κ2) is 16.2. The number of carbonyl (C=O) groups excluding carboxylic acids is 6. The van der Waals surface area contributed by atoms with Gasteiger partial charge in [0.25, 0.3) is 0 Å². The molecular formula is C28H22O13S6. The fraction of sp³-hybridized carbons (Fsp3) is 0.214. The van der Waals surface area contributed by atoms with Crippen LogP contribution in [0.3, 0.4) is 0 Å². The third-order valence-electron chi connectivity index (χ3n) is 5.68. The molecule has 4 rings (SSSR count). The molecular weight excluding hydrogens is 737 g/mol. The zero-order valence-electron chi connectivity index (χ0n) is 25.1. The molecule has 3 aliphatic rings. The molecule has 0 saturated carbocycles. The van der Waals surface area contributed by atoms with Gasteiger partial charge in [0.1, 0.15) is 41.0 Å². The summed E-state index contributed by atoms with van der Waals surface area (Å²) in [5.41, 5.74) is 0.380. The first-order chi connectivity index (χ1) is 22.5. The SMILES string of the molecule is COC(=O)C1=C(C(=O)OC)SC(=CC(=C2SC(C(=O)OC)=C(C(=O)OC)S2)c2ccc(C=C3SC(C(=O)OC)=C(C(=O)OC)S3)o2)S1. The number of hydrogen-bond acceptors (Lipinski definition) is 19. The van der Waals surface area contributed by atoms with E-state index in [0.717, 1.165) is 70.6 Å².